The molecule has 0 atom stereocenters. The number of benzene rings is 1. The van der Waals surface area contributed by atoms with E-state index in [1.54, 1.807) is 30.3 Å². The van der Waals surface area contributed by atoms with Crippen LogP contribution in [-0.4, -0.2) is 24.0 Å². The second-order valence-corrected chi connectivity index (χ2v) is 4.48. The molecule has 6 nitrogen and oxygen atoms in total. The highest BCUT2D eigenvalue weighted by atomic mass is 16.7. The molecule has 106 valence electrons. The van der Waals surface area contributed by atoms with E-state index in [4.69, 9.17) is 9.47 Å². The van der Waals surface area contributed by atoms with Gasteiger partial charge in [-0.15, -0.1) is 0 Å². The maximum absolute atomic E-state index is 12.0. The smallest absolute Gasteiger partial charge is 0.231 e. The van der Waals surface area contributed by atoms with E-state index in [-0.39, 0.29) is 24.8 Å². The molecule has 1 aliphatic heterocycles. The second kappa shape index (κ2) is 5.62. The molecule has 1 aromatic heterocycles. The van der Waals surface area contributed by atoms with Gasteiger partial charge < -0.3 is 14.8 Å². The number of carbonyl (C=O) groups excluding carboxylic acids is 2. The number of rotatable bonds is 4. The second-order valence-electron chi connectivity index (χ2n) is 4.48. The van der Waals surface area contributed by atoms with E-state index in [9.17, 15) is 9.59 Å². The van der Waals surface area contributed by atoms with Crippen molar-refractivity contribution >= 4 is 18.0 Å². The lowest BCUT2D eigenvalue weighted by Crippen LogP contribution is -2.15. The van der Waals surface area contributed by atoms with Gasteiger partial charge in [0.05, 0.1) is 6.42 Å². The SMILES string of the molecule is O=Cc1cccc(NC(=O)Cc2ccc3c(c2)OCO3)n1. The van der Waals surface area contributed by atoms with Crippen molar-refractivity contribution in [3.05, 3.63) is 47.7 Å². The quantitative estimate of drug-likeness (QED) is 0.866. The largest absolute Gasteiger partial charge is 0.454 e. The molecule has 2 heterocycles. The van der Waals surface area contributed by atoms with E-state index in [0.29, 0.717) is 23.6 Å². The number of aromatic nitrogens is 1. The van der Waals surface area contributed by atoms with Crippen LogP contribution in [0.4, 0.5) is 5.82 Å². The van der Waals surface area contributed by atoms with Gasteiger partial charge in [-0.3, -0.25) is 9.59 Å². The number of fused-ring (bicyclic) bond motifs is 1. The lowest BCUT2D eigenvalue weighted by atomic mass is 10.1. The predicted octanol–water partition coefficient (Wildman–Crippen LogP) is 1.80. The van der Waals surface area contributed by atoms with Gasteiger partial charge in [0.2, 0.25) is 12.7 Å². The monoisotopic (exact) mass is 284 g/mol. The highest BCUT2D eigenvalue weighted by molar-refractivity contribution is 5.91. The molecule has 0 bridgehead atoms. The van der Waals surface area contributed by atoms with Crippen LogP contribution >= 0.6 is 0 Å². The summed E-state index contributed by atoms with van der Waals surface area (Å²) in [6.45, 7) is 0.202. The van der Waals surface area contributed by atoms with Crippen LogP contribution in [0, 0.1) is 0 Å². The van der Waals surface area contributed by atoms with Crippen molar-refractivity contribution in [1.82, 2.24) is 4.98 Å². The van der Waals surface area contributed by atoms with E-state index in [0.717, 1.165) is 5.56 Å². The summed E-state index contributed by atoms with van der Waals surface area (Å²) in [5.74, 6) is 1.45. The average molecular weight is 284 g/mol. The zero-order valence-corrected chi connectivity index (χ0v) is 11.0. The molecule has 0 saturated heterocycles. The standard InChI is InChI=1S/C15H12N2O4/c18-8-11-2-1-3-14(16-11)17-15(19)7-10-4-5-12-13(6-10)21-9-20-12/h1-6,8H,7,9H2,(H,16,17,19). The maximum Gasteiger partial charge on any atom is 0.231 e. The number of hydrogen-bond acceptors (Lipinski definition) is 5. The molecule has 0 fully saturated rings. The highest BCUT2D eigenvalue weighted by Crippen LogP contribution is 2.32. The molecular weight excluding hydrogens is 272 g/mol. The summed E-state index contributed by atoms with van der Waals surface area (Å²) in [4.78, 5) is 26.6. The van der Waals surface area contributed by atoms with Crippen molar-refractivity contribution in [2.24, 2.45) is 0 Å². The first kappa shape index (κ1) is 13.1. The Hall–Kier alpha value is -2.89. The summed E-state index contributed by atoms with van der Waals surface area (Å²) in [6, 6.07) is 10.2. The van der Waals surface area contributed by atoms with E-state index in [1.165, 1.54) is 0 Å². The normalized spacial score (nSPS) is 12.0. The van der Waals surface area contributed by atoms with Crippen LogP contribution < -0.4 is 14.8 Å². The molecule has 21 heavy (non-hydrogen) atoms. The summed E-state index contributed by atoms with van der Waals surface area (Å²) in [5, 5.41) is 2.65. The molecule has 0 unspecified atom stereocenters. The molecule has 0 spiro atoms. The predicted molar refractivity (Wildman–Crippen MR) is 74.5 cm³/mol. The van der Waals surface area contributed by atoms with Gasteiger partial charge in [0.25, 0.3) is 0 Å². The Bertz CT molecular complexity index is 700. The molecule has 3 rings (SSSR count). The lowest BCUT2D eigenvalue weighted by molar-refractivity contribution is -0.115. The van der Waals surface area contributed by atoms with Crippen molar-refractivity contribution in [1.29, 1.82) is 0 Å². The number of carbonyl (C=O) groups is 2. The molecule has 6 heteroatoms. The third-order valence-corrected chi connectivity index (χ3v) is 2.96. The topological polar surface area (TPSA) is 77.5 Å². The van der Waals surface area contributed by atoms with Crippen LogP contribution in [0.15, 0.2) is 36.4 Å². The Morgan fingerprint density at radius 3 is 2.95 bits per heavy atom. The van der Waals surface area contributed by atoms with Crippen molar-refractivity contribution in [2.75, 3.05) is 12.1 Å². The maximum atomic E-state index is 12.0. The first-order chi connectivity index (χ1) is 10.2. The van der Waals surface area contributed by atoms with E-state index in [2.05, 4.69) is 10.3 Å². The Kier molecular flexibility index (Phi) is 3.51. The van der Waals surface area contributed by atoms with Crippen molar-refractivity contribution in [3.63, 3.8) is 0 Å². The number of nitrogens with one attached hydrogen (secondary N) is 1. The zero-order chi connectivity index (χ0) is 14.7. The number of pyridine rings is 1. The lowest BCUT2D eigenvalue weighted by Gasteiger charge is -2.05. The number of aldehydes is 1. The summed E-state index contributed by atoms with van der Waals surface area (Å²) in [6.07, 6.45) is 0.817. The van der Waals surface area contributed by atoms with Crippen LogP contribution in [-0.2, 0) is 11.2 Å². The molecule has 1 aromatic carbocycles. The van der Waals surface area contributed by atoms with Gasteiger partial charge in [-0.25, -0.2) is 4.98 Å². The number of anilines is 1. The van der Waals surface area contributed by atoms with Crippen molar-refractivity contribution < 1.29 is 19.1 Å². The minimum atomic E-state index is -0.218. The zero-order valence-electron chi connectivity index (χ0n) is 11.0. The molecule has 1 aliphatic rings. The van der Waals surface area contributed by atoms with Gasteiger partial charge in [-0.1, -0.05) is 12.1 Å². The number of amides is 1. The Morgan fingerprint density at radius 1 is 1.24 bits per heavy atom. The van der Waals surface area contributed by atoms with Crippen LogP contribution in [0.5, 0.6) is 11.5 Å². The highest BCUT2D eigenvalue weighted by Gasteiger charge is 2.14. The fourth-order valence-electron chi connectivity index (χ4n) is 2.01. The summed E-state index contributed by atoms with van der Waals surface area (Å²) in [5.41, 5.74) is 1.08. The van der Waals surface area contributed by atoms with Gasteiger partial charge >= 0.3 is 0 Å². The first-order valence-electron chi connectivity index (χ1n) is 6.35. The van der Waals surface area contributed by atoms with E-state index in [1.807, 2.05) is 6.07 Å². The molecule has 1 N–H and O–H groups in total. The Morgan fingerprint density at radius 2 is 2.10 bits per heavy atom. The van der Waals surface area contributed by atoms with Crippen LogP contribution in [0.1, 0.15) is 16.1 Å². The molecule has 1 amide bonds. The Balaban J connectivity index is 1.67. The summed E-state index contributed by atoms with van der Waals surface area (Å²) in [7, 11) is 0. The van der Waals surface area contributed by atoms with Gasteiger partial charge in [0.1, 0.15) is 11.5 Å². The summed E-state index contributed by atoms with van der Waals surface area (Å²) >= 11 is 0. The van der Waals surface area contributed by atoms with Crippen LogP contribution in [0.3, 0.4) is 0 Å². The number of nitrogens with zero attached hydrogens (tertiary/aromatic N) is 1. The third kappa shape index (κ3) is 3.00. The first-order valence-corrected chi connectivity index (χ1v) is 6.35. The van der Waals surface area contributed by atoms with Crippen molar-refractivity contribution in [2.45, 2.75) is 6.42 Å². The van der Waals surface area contributed by atoms with Crippen LogP contribution in [0.25, 0.3) is 0 Å². The molecule has 0 saturated carbocycles. The van der Waals surface area contributed by atoms with Gasteiger partial charge in [-0.05, 0) is 29.8 Å². The number of ether oxygens (including phenoxy) is 2. The van der Waals surface area contributed by atoms with E-state index < -0.39 is 0 Å². The van der Waals surface area contributed by atoms with Gasteiger partial charge in [-0.2, -0.15) is 0 Å². The molecule has 2 aromatic rings. The van der Waals surface area contributed by atoms with Gasteiger partial charge in [0.15, 0.2) is 17.8 Å². The minimum Gasteiger partial charge on any atom is -0.454 e. The fourth-order valence-corrected chi connectivity index (χ4v) is 2.01. The van der Waals surface area contributed by atoms with Crippen molar-refractivity contribution in [3.8, 4) is 11.5 Å². The minimum absolute atomic E-state index is 0.184. The molecule has 0 aliphatic carbocycles. The Labute approximate surface area is 120 Å². The molecular formula is C15H12N2O4. The van der Waals surface area contributed by atoms with E-state index >= 15 is 0 Å². The van der Waals surface area contributed by atoms with Gasteiger partial charge in [0, 0.05) is 0 Å². The third-order valence-electron chi connectivity index (χ3n) is 2.96. The average Bonchev–Trinajstić information content (AvgIpc) is 2.95. The fraction of sp³-hybridized carbons (Fsp3) is 0.133. The van der Waals surface area contributed by atoms with Crippen LogP contribution in [0.2, 0.25) is 0 Å². The number of hydrogen-bond donors (Lipinski definition) is 1. The molecule has 0 radical (unpaired) electrons. The summed E-state index contributed by atoms with van der Waals surface area (Å²) < 4.78 is 10.5.